The zero-order valence-corrected chi connectivity index (χ0v) is 15.1. The van der Waals surface area contributed by atoms with Gasteiger partial charge in [-0.1, -0.05) is 53.0 Å². The fourth-order valence-electron chi connectivity index (χ4n) is 3.16. The van der Waals surface area contributed by atoms with E-state index in [0.29, 0.717) is 5.56 Å². The van der Waals surface area contributed by atoms with E-state index in [4.69, 9.17) is 27.9 Å². The number of Topliss-reactive ketones (excluding diaryl/α,β-unsaturated/α-hetero) is 1. The zero-order chi connectivity index (χ0) is 17.9. The van der Waals surface area contributed by atoms with Crippen LogP contribution in [-0.2, 0) is 19.9 Å². The maximum atomic E-state index is 12.6. The normalized spacial score (nSPS) is 26.8. The molecule has 3 atom stereocenters. The Morgan fingerprint density at radius 2 is 2.00 bits per heavy atom. The number of benzene rings is 1. The molecule has 1 aliphatic rings. The van der Waals surface area contributed by atoms with Gasteiger partial charge in [0.25, 0.3) is 0 Å². The summed E-state index contributed by atoms with van der Waals surface area (Å²) in [4.78, 5) is 24.7. The third kappa shape index (κ3) is 4.18. The summed E-state index contributed by atoms with van der Waals surface area (Å²) in [6.45, 7) is 3.79. The van der Waals surface area contributed by atoms with E-state index in [1.807, 2.05) is 19.1 Å². The van der Waals surface area contributed by atoms with Crippen molar-refractivity contribution < 1.29 is 19.4 Å². The van der Waals surface area contributed by atoms with Gasteiger partial charge in [-0.15, -0.1) is 0 Å². The van der Waals surface area contributed by atoms with Gasteiger partial charge in [-0.2, -0.15) is 0 Å². The minimum Gasteiger partial charge on any atom is -0.465 e. The molecule has 2 rings (SSSR count). The average molecular weight is 371 g/mol. The average Bonchev–Trinajstić information content (AvgIpc) is 2.46. The Labute approximate surface area is 151 Å². The number of allylic oxidation sites excluding steroid dienone is 1. The van der Waals surface area contributed by atoms with E-state index < -0.39 is 23.4 Å². The zero-order valence-electron chi connectivity index (χ0n) is 13.6. The molecule has 1 fully saturated rings. The molecular formula is C18H20Cl2O4. The van der Waals surface area contributed by atoms with Gasteiger partial charge in [-0.3, -0.25) is 9.59 Å². The van der Waals surface area contributed by atoms with Crippen molar-refractivity contribution in [2.75, 3.05) is 6.61 Å². The van der Waals surface area contributed by atoms with Gasteiger partial charge in [-0.25, -0.2) is 0 Å². The van der Waals surface area contributed by atoms with Crippen molar-refractivity contribution in [3.8, 4) is 0 Å². The number of halogens is 2. The van der Waals surface area contributed by atoms with Crippen molar-refractivity contribution in [1.82, 2.24) is 0 Å². The molecule has 4 nitrogen and oxygen atoms in total. The molecule has 0 amide bonds. The maximum Gasteiger partial charge on any atom is 0.317 e. The van der Waals surface area contributed by atoms with Gasteiger partial charge >= 0.3 is 5.97 Å². The molecule has 1 aromatic rings. The summed E-state index contributed by atoms with van der Waals surface area (Å²) < 4.78 is 4.95. The summed E-state index contributed by atoms with van der Waals surface area (Å²) >= 11 is 11.5. The fraction of sp³-hybridized carbons (Fsp3) is 0.444. The molecule has 1 saturated carbocycles. The largest absolute Gasteiger partial charge is 0.465 e. The first-order valence-corrected chi connectivity index (χ1v) is 8.54. The van der Waals surface area contributed by atoms with Crippen LogP contribution in [0, 0.1) is 18.8 Å². The summed E-state index contributed by atoms with van der Waals surface area (Å²) in [5.41, 5.74) is 0.319. The summed E-state index contributed by atoms with van der Waals surface area (Å²) in [5, 5.41) is 11.0. The molecule has 130 valence electrons. The molecule has 0 aliphatic heterocycles. The van der Waals surface area contributed by atoms with Crippen LogP contribution in [0.2, 0.25) is 0 Å². The van der Waals surface area contributed by atoms with E-state index in [9.17, 15) is 14.7 Å². The van der Waals surface area contributed by atoms with Gasteiger partial charge in [0.2, 0.25) is 0 Å². The Morgan fingerprint density at radius 1 is 1.38 bits per heavy atom. The second-order valence-electron chi connectivity index (χ2n) is 6.09. The fourth-order valence-corrected chi connectivity index (χ4v) is 3.48. The van der Waals surface area contributed by atoms with Gasteiger partial charge in [0.15, 0.2) is 5.78 Å². The van der Waals surface area contributed by atoms with E-state index in [2.05, 4.69) is 0 Å². The number of carbonyl (C=O) groups excluding carboxylic acids is 2. The van der Waals surface area contributed by atoms with Crippen LogP contribution in [0.15, 0.2) is 34.8 Å². The van der Waals surface area contributed by atoms with Gasteiger partial charge in [0.1, 0.15) is 10.4 Å². The lowest BCUT2D eigenvalue weighted by Crippen LogP contribution is -2.45. The molecule has 0 unspecified atom stereocenters. The van der Waals surface area contributed by atoms with Crippen LogP contribution in [0.4, 0.5) is 0 Å². The van der Waals surface area contributed by atoms with E-state index in [0.717, 1.165) is 5.56 Å². The molecule has 0 bridgehead atoms. The molecule has 0 aromatic heterocycles. The Morgan fingerprint density at radius 3 is 2.54 bits per heavy atom. The van der Waals surface area contributed by atoms with Crippen LogP contribution in [0.1, 0.15) is 30.9 Å². The molecule has 0 spiro atoms. The van der Waals surface area contributed by atoms with Gasteiger partial charge in [0, 0.05) is 12.3 Å². The monoisotopic (exact) mass is 370 g/mol. The van der Waals surface area contributed by atoms with E-state index in [-0.39, 0.29) is 29.7 Å². The Hall–Kier alpha value is -1.36. The standard InChI is InChI=1S/C18H20Cl2O4/c1-3-24-17(22)16-12(8-15(19)20)9-18(23,10-14(16)21)13-6-4-11(2)5-7-13/h4-8,12,16,23H,3,9-10H2,1-2H3/t12-,16+,18-/m1/s1. The second kappa shape index (κ2) is 7.68. The Bertz CT molecular complexity index is 649. The minimum atomic E-state index is -1.36. The number of hydrogen-bond donors (Lipinski definition) is 1. The van der Waals surface area contributed by atoms with Crippen LogP contribution >= 0.6 is 23.2 Å². The smallest absolute Gasteiger partial charge is 0.317 e. The quantitative estimate of drug-likeness (QED) is 0.648. The lowest BCUT2D eigenvalue weighted by molar-refractivity contribution is -0.159. The van der Waals surface area contributed by atoms with Crippen molar-refractivity contribution in [3.63, 3.8) is 0 Å². The molecule has 1 aromatic carbocycles. The van der Waals surface area contributed by atoms with Crippen LogP contribution in [0.5, 0.6) is 0 Å². The van der Waals surface area contributed by atoms with Gasteiger partial charge < -0.3 is 9.84 Å². The van der Waals surface area contributed by atoms with Crippen LogP contribution in [0.25, 0.3) is 0 Å². The summed E-state index contributed by atoms with van der Waals surface area (Å²) in [6, 6.07) is 7.32. The minimum absolute atomic E-state index is 0.0461. The Balaban J connectivity index is 2.37. The molecule has 0 saturated heterocycles. The number of ketones is 1. The molecule has 0 radical (unpaired) electrons. The summed E-state index contributed by atoms with van der Waals surface area (Å²) in [5.74, 6) is -2.60. The lowest BCUT2D eigenvalue weighted by atomic mass is 9.68. The number of hydrogen-bond acceptors (Lipinski definition) is 4. The van der Waals surface area contributed by atoms with E-state index in [1.165, 1.54) is 6.08 Å². The SMILES string of the molecule is CCOC(=O)[C@@H]1C(=O)C[C@@](O)(c2ccc(C)cc2)C[C@H]1C=C(Cl)Cl. The third-order valence-corrected chi connectivity index (χ3v) is 4.54. The van der Waals surface area contributed by atoms with E-state index in [1.54, 1.807) is 19.1 Å². The number of rotatable bonds is 4. The molecule has 6 heteroatoms. The van der Waals surface area contributed by atoms with Crippen molar-refractivity contribution in [1.29, 1.82) is 0 Å². The highest BCUT2D eigenvalue weighted by Gasteiger charge is 2.48. The molecule has 24 heavy (non-hydrogen) atoms. The first kappa shape index (κ1) is 19.0. The predicted molar refractivity (Wildman–Crippen MR) is 92.7 cm³/mol. The topological polar surface area (TPSA) is 63.6 Å². The summed E-state index contributed by atoms with van der Waals surface area (Å²) in [6.07, 6.45) is 1.44. The van der Waals surface area contributed by atoms with Crippen LogP contribution in [-0.4, -0.2) is 23.5 Å². The highest BCUT2D eigenvalue weighted by atomic mass is 35.5. The lowest BCUT2D eigenvalue weighted by Gasteiger charge is -2.39. The van der Waals surface area contributed by atoms with Gasteiger partial charge in [0.05, 0.1) is 12.2 Å². The first-order chi connectivity index (χ1) is 11.3. The van der Waals surface area contributed by atoms with E-state index >= 15 is 0 Å². The van der Waals surface area contributed by atoms with Crippen molar-refractivity contribution >= 4 is 35.0 Å². The maximum absolute atomic E-state index is 12.6. The van der Waals surface area contributed by atoms with Crippen LogP contribution < -0.4 is 0 Å². The highest BCUT2D eigenvalue weighted by Crippen LogP contribution is 2.43. The van der Waals surface area contributed by atoms with Crippen molar-refractivity contribution in [2.24, 2.45) is 11.8 Å². The first-order valence-electron chi connectivity index (χ1n) is 7.78. The number of carbonyl (C=O) groups is 2. The number of aliphatic hydroxyl groups is 1. The molecule has 1 N–H and O–H groups in total. The summed E-state index contributed by atoms with van der Waals surface area (Å²) in [7, 11) is 0. The molecule has 0 heterocycles. The van der Waals surface area contributed by atoms with Gasteiger partial charge in [-0.05, 0) is 31.9 Å². The number of ether oxygens (including phenoxy) is 1. The molecule has 1 aliphatic carbocycles. The third-order valence-electron chi connectivity index (χ3n) is 4.28. The Kier molecular flexibility index (Phi) is 6.07. The molecular weight excluding hydrogens is 351 g/mol. The van der Waals surface area contributed by atoms with Crippen LogP contribution in [0.3, 0.4) is 0 Å². The highest BCUT2D eigenvalue weighted by molar-refractivity contribution is 6.55. The van der Waals surface area contributed by atoms with Crippen molar-refractivity contribution in [3.05, 3.63) is 46.0 Å². The van der Waals surface area contributed by atoms with Crippen molar-refractivity contribution in [2.45, 2.75) is 32.3 Å². The number of esters is 1. The predicted octanol–water partition coefficient (Wildman–Crippen LogP) is 3.66. The second-order valence-corrected chi connectivity index (χ2v) is 7.10. The number of aryl methyl sites for hydroxylation is 1.